The quantitative estimate of drug-likeness (QED) is 0.842. The highest BCUT2D eigenvalue weighted by molar-refractivity contribution is 5.88. The average Bonchev–Trinajstić information content (AvgIpc) is 3.05. The average molecular weight is 344 g/mol. The Labute approximate surface area is 149 Å². The second kappa shape index (κ2) is 7.97. The molecule has 0 radical (unpaired) electrons. The highest BCUT2D eigenvalue weighted by atomic mass is 16.2. The van der Waals surface area contributed by atoms with Gasteiger partial charge in [-0.05, 0) is 25.3 Å². The van der Waals surface area contributed by atoms with E-state index in [9.17, 15) is 9.59 Å². The summed E-state index contributed by atoms with van der Waals surface area (Å²) < 4.78 is 0. The summed E-state index contributed by atoms with van der Waals surface area (Å²) in [7, 11) is 0. The van der Waals surface area contributed by atoms with E-state index in [4.69, 9.17) is 0 Å². The van der Waals surface area contributed by atoms with Crippen LogP contribution in [0.1, 0.15) is 37.3 Å². The summed E-state index contributed by atoms with van der Waals surface area (Å²) in [5, 5.41) is 0. The van der Waals surface area contributed by atoms with E-state index in [0.29, 0.717) is 25.7 Å². The van der Waals surface area contributed by atoms with Gasteiger partial charge in [0, 0.05) is 25.7 Å². The molecule has 2 aliphatic rings. The Morgan fingerprint density at radius 2 is 2.12 bits per heavy atom. The van der Waals surface area contributed by atoms with Crippen molar-refractivity contribution < 1.29 is 9.59 Å². The van der Waals surface area contributed by atoms with Gasteiger partial charge in [-0.1, -0.05) is 43.2 Å². The van der Waals surface area contributed by atoms with E-state index in [-0.39, 0.29) is 24.4 Å². The summed E-state index contributed by atoms with van der Waals surface area (Å²) >= 11 is 0. The van der Waals surface area contributed by atoms with Crippen LogP contribution in [0.3, 0.4) is 0 Å². The van der Waals surface area contributed by atoms with Crippen LogP contribution >= 0.6 is 0 Å². The molecule has 0 aromatic heterocycles. The first kappa shape index (κ1) is 17.9. The van der Waals surface area contributed by atoms with Gasteiger partial charge in [0.15, 0.2) is 0 Å². The Bertz CT molecular complexity index is 634. The molecule has 0 saturated carbocycles. The van der Waals surface area contributed by atoms with Gasteiger partial charge in [0.2, 0.25) is 11.8 Å². The molecule has 6 heteroatoms. The van der Waals surface area contributed by atoms with E-state index in [2.05, 4.69) is 36.8 Å². The number of benzene rings is 1. The van der Waals surface area contributed by atoms with Crippen molar-refractivity contribution in [2.24, 2.45) is 0 Å². The molecule has 0 aliphatic carbocycles. The number of amides is 2. The Hall–Kier alpha value is -1.92. The Morgan fingerprint density at radius 1 is 1.28 bits per heavy atom. The monoisotopic (exact) mass is 344 g/mol. The van der Waals surface area contributed by atoms with E-state index in [1.807, 2.05) is 17.0 Å². The smallest absolute Gasteiger partial charge is 0.242 e. The molecular formula is C19H28N4O2. The van der Waals surface area contributed by atoms with Crippen molar-refractivity contribution in [1.82, 2.24) is 20.7 Å². The van der Waals surface area contributed by atoms with E-state index in [1.165, 1.54) is 5.56 Å². The molecule has 2 saturated heterocycles. The largest absolute Gasteiger partial charge is 0.335 e. The van der Waals surface area contributed by atoms with Crippen LogP contribution in [0.2, 0.25) is 0 Å². The first-order valence-electron chi connectivity index (χ1n) is 9.20. The van der Waals surface area contributed by atoms with Gasteiger partial charge in [-0.3, -0.25) is 15.0 Å². The standard InChI is InChI=1S/C19H28N4O2/c1-3-5-16-11-17(21-20-16)19(25)23-9-8-22(18(24)13-23)12-15-7-4-6-14(2)10-15/h4,6-7,10,16-17,20-21H,3,5,8-9,11-13H2,1-2H3. The lowest BCUT2D eigenvalue weighted by molar-refractivity contribution is -0.146. The molecule has 2 heterocycles. The highest BCUT2D eigenvalue weighted by Gasteiger charge is 2.35. The number of hydrogen-bond donors (Lipinski definition) is 2. The SMILES string of the molecule is CCCC1CC(C(=O)N2CCN(Cc3cccc(C)c3)C(=O)C2)NN1. The van der Waals surface area contributed by atoms with Crippen molar-refractivity contribution in [2.45, 2.75) is 51.7 Å². The van der Waals surface area contributed by atoms with Gasteiger partial charge in [-0.15, -0.1) is 0 Å². The third-order valence-corrected chi connectivity index (χ3v) is 5.00. The van der Waals surface area contributed by atoms with E-state index in [0.717, 1.165) is 24.8 Å². The second-order valence-corrected chi connectivity index (χ2v) is 7.13. The topological polar surface area (TPSA) is 64.7 Å². The minimum Gasteiger partial charge on any atom is -0.335 e. The lowest BCUT2D eigenvalue weighted by Crippen LogP contribution is -2.55. The van der Waals surface area contributed by atoms with Gasteiger partial charge in [0.05, 0.1) is 6.54 Å². The molecule has 0 spiro atoms. The third kappa shape index (κ3) is 4.38. The third-order valence-electron chi connectivity index (χ3n) is 5.00. The van der Waals surface area contributed by atoms with Gasteiger partial charge in [0.25, 0.3) is 0 Å². The van der Waals surface area contributed by atoms with Crippen molar-refractivity contribution in [2.75, 3.05) is 19.6 Å². The number of nitrogens with zero attached hydrogens (tertiary/aromatic N) is 2. The summed E-state index contributed by atoms with van der Waals surface area (Å²) in [5.74, 6) is 0.0619. The molecule has 2 amide bonds. The van der Waals surface area contributed by atoms with Crippen molar-refractivity contribution in [3.05, 3.63) is 35.4 Å². The van der Waals surface area contributed by atoms with Gasteiger partial charge < -0.3 is 9.80 Å². The molecule has 1 aromatic rings. The minimum absolute atomic E-state index is 0.0252. The van der Waals surface area contributed by atoms with Crippen molar-refractivity contribution in [3.63, 3.8) is 0 Å². The second-order valence-electron chi connectivity index (χ2n) is 7.13. The molecule has 1 aromatic carbocycles. The zero-order chi connectivity index (χ0) is 17.8. The van der Waals surface area contributed by atoms with Gasteiger partial charge in [-0.2, -0.15) is 0 Å². The minimum atomic E-state index is -0.215. The number of piperazine rings is 1. The lowest BCUT2D eigenvalue weighted by Gasteiger charge is -2.35. The predicted molar refractivity (Wildman–Crippen MR) is 96.5 cm³/mol. The molecule has 25 heavy (non-hydrogen) atoms. The Kier molecular flexibility index (Phi) is 5.71. The van der Waals surface area contributed by atoms with Crippen LogP contribution in [-0.2, 0) is 16.1 Å². The molecule has 3 rings (SSSR count). The summed E-state index contributed by atoms with van der Waals surface area (Å²) in [6.45, 7) is 6.19. The fraction of sp³-hybridized carbons (Fsp3) is 0.579. The zero-order valence-corrected chi connectivity index (χ0v) is 15.1. The fourth-order valence-corrected chi connectivity index (χ4v) is 3.64. The first-order chi connectivity index (χ1) is 12.1. The molecule has 2 fully saturated rings. The van der Waals surface area contributed by atoms with E-state index in [1.54, 1.807) is 4.90 Å². The van der Waals surface area contributed by atoms with Crippen LogP contribution in [0.15, 0.2) is 24.3 Å². The van der Waals surface area contributed by atoms with Gasteiger partial charge in [-0.25, -0.2) is 5.43 Å². The number of hydrogen-bond acceptors (Lipinski definition) is 4. The van der Waals surface area contributed by atoms with Crippen LogP contribution in [0, 0.1) is 6.92 Å². The summed E-state index contributed by atoms with van der Waals surface area (Å²) in [6, 6.07) is 8.34. The van der Waals surface area contributed by atoms with Crippen LogP contribution < -0.4 is 10.9 Å². The molecule has 2 aliphatic heterocycles. The number of rotatable bonds is 5. The maximum absolute atomic E-state index is 12.7. The van der Waals surface area contributed by atoms with Crippen molar-refractivity contribution in [3.8, 4) is 0 Å². The molecule has 136 valence electrons. The van der Waals surface area contributed by atoms with Crippen LogP contribution in [0.5, 0.6) is 0 Å². The molecular weight excluding hydrogens is 316 g/mol. The fourth-order valence-electron chi connectivity index (χ4n) is 3.64. The molecule has 2 N–H and O–H groups in total. The van der Waals surface area contributed by atoms with Crippen LogP contribution in [-0.4, -0.2) is 53.3 Å². The van der Waals surface area contributed by atoms with Crippen molar-refractivity contribution in [1.29, 1.82) is 0 Å². The number of aryl methyl sites for hydroxylation is 1. The van der Waals surface area contributed by atoms with Crippen LogP contribution in [0.25, 0.3) is 0 Å². The molecule has 0 bridgehead atoms. The number of nitrogens with one attached hydrogen (secondary N) is 2. The van der Waals surface area contributed by atoms with E-state index < -0.39 is 0 Å². The summed E-state index contributed by atoms with van der Waals surface area (Å²) in [4.78, 5) is 28.7. The van der Waals surface area contributed by atoms with E-state index >= 15 is 0 Å². The Balaban J connectivity index is 1.53. The van der Waals surface area contributed by atoms with Crippen LogP contribution in [0.4, 0.5) is 0 Å². The highest BCUT2D eigenvalue weighted by Crippen LogP contribution is 2.16. The maximum Gasteiger partial charge on any atom is 0.242 e. The summed E-state index contributed by atoms with van der Waals surface area (Å²) in [6.07, 6.45) is 2.95. The van der Waals surface area contributed by atoms with Crippen molar-refractivity contribution >= 4 is 11.8 Å². The number of carbonyl (C=O) groups excluding carboxylic acids is 2. The van der Waals surface area contributed by atoms with Gasteiger partial charge in [0.1, 0.15) is 6.04 Å². The maximum atomic E-state index is 12.7. The lowest BCUT2D eigenvalue weighted by atomic mass is 10.0. The zero-order valence-electron chi connectivity index (χ0n) is 15.1. The predicted octanol–water partition coefficient (Wildman–Crippen LogP) is 1.20. The molecule has 2 atom stereocenters. The molecule has 6 nitrogen and oxygen atoms in total. The number of hydrazine groups is 1. The van der Waals surface area contributed by atoms with Gasteiger partial charge >= 0.3 is 0 Å². The normalized spacial score (nSPS) is 24.0. The summed E-state index contributed by atoms with van der Waals surface area (Å²) in [5.41, 5.74) is 8.62. The Morgan fingerprint density at radius 3 is 2.84 bits per heavy atom. The first-order valence-corrected chi connectivity index (χ1v) is 9.20. The molecule has 2 unspecified atom stereocenters. The number of carbonyl (C=O) groups is 2.